The molecule has 0 radical (unpaired) electrons. The lowest BCUT2D eigenvalue weighted by atomic mass is 10.1. The van der Waals surface area contributed by atoms with Crippen molar-refractivity contribution in [1.29, 1.82) is 0 Å². The summed E-state index contributed by atoms with van der Waals surface area (Å²) in [6.07, 6.45) is 1.40. The number of rotatable bonds is 5. The number of carbonyl (C=O) groups excluding carboxylic acids is 1. The number of nitrogens with zero attached hydrogens (tertiary/aromatic N) is 2. The Balaban J connectivity index is 2.05. The molecule has 1 aromatic carbocycles. The number of guanidine groups is 1. The van der Waals surface area contributed by atoms with Crippen molar-refractivity contribution >= 4 is 27.8 Å². The summed E-state index contributed by atoms with van der Waals surface area (Å²) in [5, 5.41) is 6.68. The van der Waals surface area contributed by atoms with Crippen molar-refractivity contribution in [3.8, 4) is 5.75 Å². The van der Waals surface area contributed by atoms with Crippen LogP contribution in [0.4, 0.5) is 0 Å². The summed E-state index contributed by atoms with van der Waals surface area (Å²) in [6, 6.07) is 6.11. The van der Waals surface area contributed by atoms with Crippen LogP contribution in [0.2, 0.25) is 0 Å². The number of hydrogen-bond donors (Lipinski definition) is 2. The molecule has 7 heteroatoms. The van der Waals surface area contributed by atoms with Gasteiger partial charge >= 0.3 is 0 Å². The Morgan fingerprint density at radius 1 is 1.50 bits per heavy atom. The summed E-state index contributed by atoms with van der Waals surface area (Å²) in [4.78, 5) is 18.0. The van der Waals surface area contributed by atoms with Crippen LogP contribution in [0.3, 0.4) is 0 Å². The SMILES string of the molecule is CCNC(=NCc1cc(Br)ccc1OC)NC1CCC(=O)N(C)C1. The molecule has 2 rings (SSSR count). The van der Waals surface area contributed by atoms with E-state index >= 15 is 0 Å². The molecule has 1 aliphatic rings. The number of nitrogens with one attached hydrogen (secondary N) is 2. The van der Waals surface area contributed by atoms with Crippen LogP contribution in [0.1, 0.15) is 25.3 Å². The lowest BCUT2D eigenvalue weighted by Crippen LogP contribution is -2.51. The third kappa shape index (κ3) is 5.12. The van der Waals surface area contributed by atoms with Crippen molar-refractivity contribution in [1.82, 2.24) is 15.5 Å². The van der Waals surface area contributed by atoms with Gasteiger partial charge in [0.15, 0.2) is 5.96 Å². The van der Waals surface area contributed by atoms with Crippen LogP contribution in [-0.2, 0) is 11.3 Å². The Kier molecular flexibility index (Phi) is 6.90. The quantitative estimate of drug-likeness (QED) is 0.590. The number of likely N-dealkylation sites (N-methyl/N-ethyl adjacent to an activating group) is 1. The summed E-state index contributed by atoms with van der Waals surface area (Å²) in [6.45, 7) is 4.03. The molecule has 1 fully saturated rings. The van der Waals surface area contributed by atoms with Gasteiger partial charge in [-0.25, -0.2) is 4.99 Å². The maximum atomic E-state index is 11.6. The zero-order valence-electron chi connectivity index (χ0n) is 14.4. The van der Waals surface area contributed by atoms with E-state index in [2.05, 4.69) is 31.6 Å². The number of halogens is 1. The number of piperidine rings is 1. The first-order valence-corrected chi connectivity index (χ1v) is 8.94. The highest BCUT2D eigenvalue weighted by molar-refractivity contribution is 9.10. The van der Waals surface area contributed by atoms with Crippen LogP contribution in [0.15, 0.2) is 27.7 Å². The average molecular weight is 397 g/mol. The van der Waals surface area contributed by atoms with Gasteiger partial charge in [-0.05, 0) is 31.5 Å². The molecule has 1 atom stereocenters. The van der Waals surface area contributed by atoms with Crippen LogP contribution in [0.25, 0.3) is 0 Å². The van der Waals surface area contributed by atoms with Gasteiger partial charge in [0.2, 0.25) is 5.91 Å². The topological polar surface area (TPSA) is 66.0 Å². The Bertz CT molecular complexity index is 606. The van der Waals surface area contributed by atoms with Crippen LogP contribution in [0, 0.1) is 0 Å². The van der Waals surface area contributed by atoms with Gasteiger partial charge in [0.05, 0.1) is 13.7 Å². The zero-order chi connectivity index (χ0) is 17.5. The summed E-state index contributed by atoms with van der Waals surface area (Å²) >= 11 is 3.48. The van der Waals surface area contributed by atoms with E-state index in [9.17, 15) is 4.79 Å². The minimum atomic E-state index is 0.203. The number of carbonyl (C=O) groups is 1. The second-order valence-electron chi connectivity index (χ2n) is 5.81. The summed E-state index contributed by atoms with van der Waals surface area (Å²) < 4.78 is 6.39. The molecule has 6 nitrogen and oxygen atoms in total. The Morgan fingerprint density at radius 2 is 2.29 bits per heavy atom. The predicted molar refractivity (Wildman–Crippen MR) is 99.3 cm³/mol. The first-order valence-electron chi connectivity index (χ1n) is 8.14. The molecule has 1 saturated heterocycles. The number of amides is 1. The van der Waals surface area contributed by atoms with Crippen molar-refractivity contribution < 1.29 is 9.53 Å². The molecule has 1 amide bonds. The van der Waals surface area contributed by atoms with Gasteiger partial charge in [-0.3, -0.25) is 4.79 Å². The lowest BCUT2D eigenvalue weighted by molar-refractivity contribution is -0.132. The fourth-order valence-corrected chi connectivity index (χ4v) is 3.09. The maximum absolute atomic E-state index is 11.6. The minimum Gasteiger partial charge on any atom is -0.496 e. The first kappa shape index (κ1) is 18.6. The second kappa shape index (κ2) is 8.92. The number of hydrogen-bond acceptors (Lipinski definition) is 3. The molecule has 132 valence electrons. The molecule has 0 spiro atoms. The Morgan fingerprint density at radius 3 is 2.96 bits per heavy atom. The number of methoxy groups -OCH3 is 1. The second-order valence-corrected chi connectivity index (χ2v) is 6.72. The number of benzene rings is 1. The van der Waals surface area contributed by atoms with Gasteiger partial charge < -0.3 is 20.3 Å². The first-order chi connectivity index (χ1) is 11.5. The molecule has 1 unspecified atom stereocenters. The van der Waals surface area contributed by atoms with E-state index < -0.39 is 0 Å². The standard InChI is InChI=1S/C17H25BrN4O2/c1-4-19-17(21-14-6-8-16(23)22(2)11-14)20-10-12-9-13(18)5-7-15(12)24-3/h5,7,9,14H,4,6,8,10-11H2,1-3H3,(H2,19,20,21). The third-order valence-electron chi connectivity index (χ3n) is 3.96. The van der Waals surface area contributed by atoms with Crippen LogP contribution in [0.5, 0.6) is 5.75 Å². The van der Waals surface area contributed by atoms with E-state index in [0.29, 0.717) is 19.5 Å². The van der Waals surface area contributed by atoms with Crippen molar-refractivity contribution in [2.45, 2.75) is 32.4 Å². The van der Waals surface area contributed by atoms with Gasteiger partial charge in [0, 0.05) is 42.6 Å². The van der Waals surface area contributed by atoms with Gasteiger partial charge in [0.25, 0.3) is 0 Å². The van der Waals surface area contributed by atoms with Gasteiger partial charge in [0.1, 0.15) is 5.75 Å². The molecule has 2 N–H and O–H groups in total. The molecule has 24 heavy (non-hydrogen) atoms. The molecule has 0 aliphatic carbocycles. The largest absolute Gasteiger partial charge is 0.496 e. The minimum absolute atomic E-state index is 0.203. The van der Waals surface area contributed by atoms with E-state index in [-0.39, 0.29) is 11.9 Å². The van der Waals surface area contributed by atoms with E-state index in [4.69, 9.17) is 4.74 Å². The molecule has 1 heterocycles. The van der Waals surface area contributed by atoms with Gasteiger partial charge in [-0.2, -0.15) is 0 Å². The Labute approximate surface area is 151 Å². The van der Waals surface area contributed by atoms with Crippen LogP contribution >= 0.6 is 15.9 Å². The molecule has 1 aromatic rings. The van der Waals surface area contributed by atoms with Crippen molar-refractivity contribution in [2.24, 2.45) is 4.99 Å². The number of ether oxygens (including phenoxy) is 1. The van der Waals surface area contributed by atoms with E-state index in [1.54, 1.807) is 12.0 Å². The molecule has 0 saturated carbocycles. The molecular formula is C17H25BrN4O2. The molecule has 1 aliphatic heterocycles. The molecular weight excluding hydrogens is 372 g/mol. The van der Waals surface area contributed by atoms with Crippen molar-refractivity contribution in [2.75, 3.05) is 27.2 Å². The van der Waals surface area contributed by atoms with E-state index in [0.717, 1.165) is 34.7 Å². The normalized spacial score (nSPS) is 18.5. The fourth-order valence-electron chi connectivity index (χ4n) is 2.68. The number of aliphatic imine (C=N–C) groups is 1. The van der Waals surface area contributed by atoms with Gasteiger partial charge in [-0.15, -0.1) is 0 Å². The van der Waals surface area contributed by atoms with E-state index in [1.807, 2.05) is 32.2 Å². The highest BCUT2D eigenvalue weighted by Crippen LogP contribution is 2.23. The molecule has 0 aromatic heterocycles. The van der Waals surface area contributed by atoms with Crippen molar-refractivity contribution in [3.63, 3.8) is 0 Å². The fraction of sp³-hybridized carbons (Fsp3) is 0.529. The Hall–Kier alpha value is -1.76. The number of likely N-dealkylation sites (tertiary alicyclic amines) is 1. The monoisotopic (exact) mass is 396 g/mol. The third-order valence-corrected chi connectivity index (χ3v) is 4.45. The summed E-state index contributed by atoms with van der Waals surface area (Å²) in [5.74, 6) is 1.78. The smallest absolute Gasteiger partial charge is 0.222 e. The molecule has 0 bridgehead atoms. The zero-order valence-corrected chi connectivity index (χ0v) is 16.0. The van der Waals surface area contributed by atoms with Crippen LogP contribution in [-0.4, -0.2) is 50.1 Å². The van der Waals surface area contributed by atoms with Gasteiger partial charge in [-0.1, -0.05) is 15.9 Å². The highest BCUT2D eigenvalue weighted by atomic mass is 79.9. The highest BCUT2D eigenvalue weighted by Gasteiger charge is 2.23. The lowest BCUT2D eigenvalue weighted by Gasteiger charge is -2.31. The summed E-state index contributed by atoms with van der Waals surface area (Å²) in [7, 11) is 3.50. The maximum Gasteiger partial charge on any atom is 0.222 e. The summed E-state index contributed by atoms with van der Waals surface area (Å²) in [5.41, 5.74) is 1.01. The van der Waals surface area contributed by atoms with Crippen LogP contribution < -0.4 is 15.4 Å². The predicted octanol–water partition coefficient (Wildman–Crippen LogP) is 2.13. The van der Waals surface area contributed by atoms with E-state index in [1.165, 1.54) is 0 Å². The average Bonchev–Trinajstić information content (AvgIpc) is 2.56. The van der Waals surface area contributed by atoms with Crippen molar-refractivity contribution in [3.05, 3.63) is 28.2 Å².